The fraction of sp³-hybridized carbons (Fsp3) is 0.278. The maximum absolute atomic E-state index is 12.5. The van der Waals surface area contributed by atoms with Crippen LogP contribution < -0.4 is 5.32 Å². The first kappa shape index (κ1) is 14.9. The summed E-state index contributed by atoms with van der Waals surface area (Å²) in [6.07, 6.45) is 2.38. The molecule has 0 fully saturated rings. The van der Waals surface area contributed by atoms with Crippen LogP contribution >= 0.6 is 11.3 Å². The summed E-state index contributed by atoms with van der Waals surface area (Å²) in [7, 11) is 0. The molecule has 1 aliphatic heterocycles. The van der Waals surface area contributed by atoms with Gasteiger partial charge in [-0.3, -0.25) is 4.79 Å². The van der Waals surface area contributed by atoms with Crippen molar-refractivity contribution in [3.05, 3.63) is 51.4 Å². The molecule has 4 rings (SSSR count). The van der Waals surface area contributed by atoms with Gasteiger partial charge < -0.3 is 10.1 Å². The largest absolute Gasteiger partial charge is 0.448 e. The smallest absolute Gasteiger partial charge is 0.339 e. The molecule has 1 amide bonds. The van der Waals surface area contributed by atoms with E-state index < -0.39 is 12.1 Å². The van der Waals surface area contributed by atoms with E-state index in [0.717, 1.165) is 30.4 Å². The first-order valence-electron chi connectivity index (χ1n) is 7.81. The Kier molecular flexibility index (Phi) is 3.58. The monoisotopic (exact) mass is 338 g/mol. The Bertz CT molecular complexity index is 894. The van der Waals surface area contributed by atoms with Crippen molar-refractivity contribution < 1.29 is 14.3 Å². The van der Waals surface area contributed by atoms with Crippen LogP contribution in [0.15, 0.2) is 24.3 Å². The number of nitriles is 1. The van der Waals surface area contributed by atoms with Crippen molar-refractivity contribution in [1.29, 1.82) is 5.26 Å². The van der Waals surface area contributed by atoms with Gasteiger partial charge in [-0.1, -0.05) is 18.2 Å². The van der Waals surface area contributed by atoms with Crippen LogP contribution in [-0.2, 0) is 28.8 Å². The lowest BCUT2D eigenvalue weighted by Gasteiger charge is -2.23. The van der Waals surface area contributed by atoms with E-state index in [9.17, 15) is 14.9 Å². The highest BCUT2D eigenvalue weighted by Crippen LogP contribution is 2.38. The molecule has 0 saturated carbocycles. The number of nitrogens with zero attached hydrogens (tertiary/aromatic N) is 1. The average Bonchev–Trinajstić information content (AvgIpc) is 3.15. The molecule has 0 bridgehead atoms. The summed E-state index contributed by atoms with van der Waals surface area (Å²) in [5, 5.41) is 12.8. The van der Waals surface area contributed by atoms with Crippen molar-refractivity contribution in [2.24, 2.45) is 0 Å². The average molecular weight is 338 g/mol. The Labute approximate surface area is 142 Å². The Morgan fingerprint density at radius 3 is 3.00 bits per heavy atom. The first-order chi connectivity index (χ1) is 11.7. The molecule has 6 heteroatoms. The van der Waals surface area contributed by atoms with Crippen LogP contribution in [0.3, 0.4) is 0 Å². The quantitative estimate of drug-likeness (QED) is 0.854. The number of hydrogen-bond acceptors (Lipinski definition) is 5. The number of rotatable bonds is 2. The van der Waals surface area contributed by atoms with Gasteiger partial charge in [0.2, 0.25) is 0 Å². The summed E-state index contributed by atoms with van der Waals surface area (Å²) in [4.78, 5) is 25.7. The molecule has 2 heterocycles. The van der Waals surface area contributed by atoms with Crippen molar-refractivity contribution in [1.82, 2.24) is 0 Å². The number of nitrogens with one attached hydrogen (secondary N) is 1. The minimum absolute atomic E-state index is 0.348. The zero-order chi connectivity index (χ0) is 16.7. The molecule has 1 aromatic carbocycles. The van der Waals surface area contributed by atoms with Crippen molar-refractivity contribution in [2.45, 2.75) is 31.8 Å². The van der Waals surface area contributed by atoms with Gasteiger partial charge in [-0.2, -0.15) is 5.26 Å². The van der Waals surface area contributed by atoms with E-state index >= 15 is 0 Å². The van der Waals surface area contributed by atoms with Gasteiger partial charge in [-0.25, -0.2) is 4.79 Å². The van der Waals surface area contributed by atoms with Crippen LogP contribution in [0.4, 0.5) is 5.00 Å². The molecule has 1 aliphatic carbocycles. The third kappa shape index (κ3) is 2.38. The Morgan fingerprint density at radius 1 is 1.33 bits per heavy atom. The van der Waals surface area contributed by atoms with Crippen LogP contribution in [0.5, 0.6) is 0 Å². The molecule has 0 radical (unpaired) electrons. The molecule has 0 spiro atoms. The first-order valence-corrected chi connectivity index (χ1v) is 8.63. The maximum atomic E-state index is 12.5. The zero-order valence-corrected chi connectivity index (χ0v) is 13.6. The maximum Gasteiger partial charge on any atom is 0.339 e. The highest BCUT2D eigenvalue weighted by Gasteiger charge is 2.32. The van der Waals surface area contributed by atoms with E-state index in [1.165, 1.54) is 16.2 Å². The van der Waals surface area contributed by atoms with Gasteiger partial charge in [0, 0.05) is 11.3 Å². The predicted molar refractivity (Wildman–Crippen MR) is 89.0 cm³/mol. The number of aryl methyl sites for hydroxylation is 1. The van der Waals surface area contributed by atoms with Crippen LogP contribution in [0.1, 0.15) is 38.3 Å². The van der Waals surface area contributed by atoms with Crippen molar-refractivity contribution in [3.63, 3.8) is 0 Å². The SMILES string of the molecule is N#Cc1c(NC(=O)[C@@H]2Cc3ccccc3C(=O)O2)sc2c1CCC2. The number of carbonyl (C=O) groups is 2. The van der Waals surface area contributed by atoms with E-state index in [-0.39, 0.29) is 5.91 Å². The normalized spacial score (nSPS) is 18.3. The fourth-order valence-corrected chi connectivity index (χ4v) is 4.52. The van der Waals surface area contributed by atoms with Crippen LogP contribution in [-0.4, -0.2) is 18.0 Å². The lowest BCUT2D eigenvalue weighted by atomic mass is 9.98. The van der Waals surface area contributed by atoms with Gasteiger partial charge >= 0.3 is 5.97 Å². The van der Waals surface area contributed by atoms with Gasteiger partial charge in [0.1, 0.15) is 11.1 Å². The van der Waals surface area contributed by atoms with Gasteiger partial charge in [0.15, 0.2) is 6.10 Å². The molecule has 24 heavy (non-hydrogen) atoms. The number of esters is 1. The van der Waals surface area contributed by atoms with Crippen LogP contribution in [0.2, 0.25) is 0 Å². The van der Waals surface area contributed by atoms with Crippen molar-refractivity contribution in [2.75, 3.05) is 5.32 Å². The standard InChI is InChI=1S/C18H14N2O3S/c19-9-13-12-6-3-7-15(12)24-17(13)20-16(21)14-8-10-4-1-2-5-11(10)18(22)23-14/h1-2,4-5,14H,3,6-8H2,(H,20,21)/t14-/m0/s1. The van der Waals surface area contributed by atoms with Crippen molar-refractivity contribution >= 4 is 28.2 Å². The van der Waals surface area contributed by atoms with Gasteiger partial charge in [0.25, 0.3) is 5.91 Å². The van der Waals surface area contributed by atoms with E-state index in [1.807, 2.05) is 12.1 Å². The van der Waals surface area contributed by atoms with E-state index in [0.29, 0.717) is 22.5 Å². The summed E-state index contributed by atoms with van der Waals surface area (Å²) in [5.74, 6) is -0.861. The predicted octanol–water partition coefficient (Wildman–Crippen LogP) is 2.83. The molecule has 5 nitrogen and oxygen atoms in total. The minimum Gasteiger partial charge on any atom is -0.448 e. The number of anilines is 1. The molecule has 1 aromatic heterocycles. The Hall–Kier alpha value is -2.65. The van der Waals surface area contributed by atoms with E-state index in [1.54, 1.807) is 12.1 Å². The lowest BCUT2D eigenvalue weighted by molar-refractivity contribution is -0.125. The molecule has 2 aliphatic rings. The summed E-state index contributed by atoms with van der Waals surface area (Å²) in [5.41, 5.74) is 2.93. The number of amides is 1. The number of thiophene rings is 1. The third-order valence-corrected chi connectivity index (χ3v) is 5.66. The number of benzene rings is 1. The molecule has 1 atom stereocenters. The van der Waals surface area contributed by atoms with Crippen LogP contribution in [0, 0.1) is 11.3 Å². The second kappa shape index (κ2) is 5.77. The summed E-state index contributed by atoms with van der Waals surface area (Å²) in [6.45, 7) is 0. The highest BCUT2D eigenvalue weighted by atomic mass is 32.1. The highest BCUT2D eigenvalue weighted by molar-refractivity contribution is 7.16. The number of fused-ring (bicyclic) bond motifs is 2. The molecular weight excluding hydrogens is 324 g/mol. The minimum atomic E-state index is -0.865. The second-order valence-electron chi connectivity index (χ2n) is 5.92. The van der Waals surface area contributed by atoms with E-state index in [2.05, 4.69) is 11.4 Å². The third-order valence-electron chi connectivity index (χ3n) is 4.45. The second-order valence-corrected chi connectivity index (χ2v) is 7.02. The summed E-state index contributed by atoms with van der Waals surface area (Å²) < 4.78 is 5.27. The van der Waals surface area contributed by atoms with Gasteiger partial charge in [-0.05, 0) is 36.5 Å². The molecule has 2 aromatic rings. The Morgan fingerprint density at radius 2 is 2.17 bits per heavy atom. The number of hydrogen-bond donors (Lipinski definition) is 1. The lowest BCUT2D eigenvalue weighted by Crippen LogP contribution is -2.37. The molecule has 120 valence electrons. The fourth-order valence-electron chi connectivity index (χ4n) is 3.28. The molecule has 1 N–H and O–H groups in total. The topological polar surface area (TPSA) is 79.2 Å². The molecule has 0 unspecified atom stereocenters. The summed E-state index contributed by atoms with van der Waals surface area (Å²) in [6, 6.07) is 9.33. The van der Waals surface area contributed by atoms with E-state index in [4.69, 9.17) is 4.74 Å². The van der Waals surface area contributed by atoms with Crippen LogP contribution in [0.25, 0.3) is 0 Å². The van der Waals surface area contributed by atoms with Gasteiger partial charge in [-0.15, -0.1) is 11.3 Å². The summed E-state index contributed by atoms with van der Waals surface area (Å²) >= 11 is 1.46. The molecular formula is C18H14N2O3S. The number of ether oxygens (including phenoxy) is 1. The van der Waals surface area contributed by atoms with Crippen molar-refractivity contribution in [3.8, 4) is 6.07 Å². The number of carbonyl (C=O) groups excluding carboxylic acids is 2. The van der Waals surface area contributed by atoms with Gasteiger partial charge in [0.05, 0.1) is 11.1 Å². The molecule has 0 saturated heterocycles. The number of cyclic esters (lactones) is 1. The Balaban J connectivity index is 1.56. The zero-order valence-electron chi connectivity index (χ0n) is 12.8.